The maximum Gasteiger partial charge on any atom is 0.311 e. The van der Waals surface area contributed by atoms with Crippen LogP contribution in [0.2, 0.25) is 0 Å². The monoisotopic (exact) mass is 261 g/mol. The molecule has 0 amide bonds. The van der Waals surface area contributed by atoms with Crippen LogP contribution in [0.1, 0.15) is 21.8 Å². The van der Waals surface area contributed by atoms with Crippen LogP contribution in [-0.2, 0) is 22.4 Å². The normalized spacial score (nSPS) is 10.3. The van der Waals surface area contributed by atoms with Crippen LogP contribution in [-0.4, -0.2) is 18.1 Å². The third-order valence-corrected chi connectivity index (χ3v) is 3.65. The fourth-order valence-corrected chi connectivity index (χ4v) is 2.52. The zero-order valence-electron chi connectivity index (χ0n) is 10.5. The van der Waals surface area contributed by atoms with Gasteiger partial charge in [-0.1, -0.05) is 24.3 Å². The second kappa shape index (κ2) is 5.78. The molecule has 0 N–H and O–H groups in total. The number of esters is 1. The first kappa shape index (κ1) is 12.8. The van der Waals surface area contributed by atoms with Gasteiger partial charge in [-0.3, -0.25) is 4.79 Å². The Morgan fingerprint density at radius 1 is 1.39 bits per heavy atom. The highest BCUT2D eigenvalue weighted by Gasteiger charge is 2.08. The second-order valence-electron chi connectivity index (χ2n) is 4.09. The average Bonchev–Trinajstić information content (AvgIpc) is 2.79. The van der Waals surface area contributed by atoms with Crippen LogP contribution in [0.3, 0.4) is 0 Å². The van der Waals surface area contributed by atoms with Crippen LogP contribution in [0.5, 0.6) is 0 Å². The van der Waals surface area contributed by atoms with Crippen molar-refractivity contribution in [2.45, 2.75) is 19.8 Å². The molecule has 0 fully saturated rings. The summed E-state index contributed by atoms with van der Waals surface area (Å²) < 4.78 is 4.63. The molecule has 4 heteroatoms. The minimum atomic E-state index is -0.247. The smallest absolute Gasteiger partial charge is 0.311 e. The number of hydrogen-bond acceptors (Lipinski definition) is 4. The molecule has 0 saturated carbocycles. The topological polar surface area (TPSA) is 39.2 Å². The third-order valence-electron chi connectivity index (χ3n) is 2.76. The minimum Gasteiger partial charge on any atom is -0.469 e. The van der Waals surface area contributed by atoms with Crippen LogP contribution in [0.4, 0.5) is 0 Å². The van der Waals surface area contributed by atoms with E-state index in [2.05, 4.69) is 28.8 Å². The van der Waals surface area contributed by atoms with Gasteiger partial charge in [-0.25, -0.2) is 4.98 Å². The van der Waals surface area contributed by atoms with Crippen LogP contribution in [0.15, 0.2) is 29.6 Å². The standard InChI is InChI=1S/C14H15NO2S/c1-10-5-3-4-6-11(10)7-13-15-12(9-18-13)8-14(16)17-2/h3-6,9H,7-8H2,1-2H3. The van der Waals surface area contributed by atoms with Crippen LogP contribution in [0, 0.1) is 6.92 Å². The van der Waals surface area contributed by atoms with Crippen LogP contribution in [0.25, 0.3) is 0 Å². The van der Waals surface area contributed by atoms with Gasteiger partial charge in [0.05, 0.1) is 24.2 Å². The molecule has 0 saturated heterocycles. The van der Waals surface area contributed by atoms with Crippen molar-refractivity contribution in [1.82, 2.24) is 4.98 Å². The molecule has 2 rings (SSSR count). The van der Waals surface area contributed by atoms with Crippen molar-refractivity contribution in [3.8, 4) is 0 Å². The molecule has 1 heterocycles. The first-order valence-electron chi connectivity index (χ1n) is 5.73. The lowest BCUT2D eigenvalue weighted by atomic mass is 10.1. The zero-order valence-corrected chi connectivity index (χ0v) is 11.3. The molecule has 1 aromatic carbocycles. The van der Waals surface area contributed by atoms with Gasteiger partial charge >= 0.3 is 5.97 Å². The number of carbonyl (C=O) groups excluding carboxylic acids is 1. The first-order valence-corrected chi connectivity index (χ1v) is 6.61. The number of benzene rings is 1. The van der Waals surface area contributed by atoms with Crippen molar-refractivity contribution >= 4 is 17.3 Å². The number of carbonyl (C=O) groups is 1. The van der Waals surface area contributed by atoms with E-state index in [9.17, 15) is 4.79 Å². The van der Waals surface area contributed by atoms with Gasteiger partial charge in [-0.15, -0.1) is 11.3 Å². The van der Waals surface area contributed by atoms with Gasteiger partial charge in [0, 0.05) is 11.8 Å². The van der Waals surface area contributed by atoms with E-state index >= 15 is 0 Å². The van der Waals surface area contributed by atoms with Crippen molar-refractivity contribution in [2.75, 3.05) is 7.11 Å². The lowest BCUT2D eigenvalue weighted by Crippen LogP contribution is -2.04. The molecule has 18 heavy (non-hydrogen) atoms. The Kier molecular flexibility index (Phi) is 4.10. The van der Waals surface area contributed by atoms with Crippen LogP contribution < -0.4 is 0 Å². The first-order chi connectivity index (χ1) is 8.69. The summed E-state index contributed by atoms with van der Waals surface area (Å²) >= 11 is 1.59. The number of rotatable bonds is 4. The van der Waals surface area contributed by atoms with E-state index in [-0.39, 0.29) is 12.4 Å². The molecule has 2 aromatic rings. The van der Waals surface area contributed by atoms with Gasteiger partial charge in [0.15, 0.2) is 0 Å². The second-order valence-corrected chi connectivity index (χ2v) is 5.03. The van der Waals surface area contributed by atoms with Gasteiger partial charge in [0.1, 0.15) is 0 Å². The van der Waals surface area contributed by atoms with Gasteiger partial charge < -0.3 is 4.74 Å². The van der Waals surface area contributed by atoms with E-state index in [1.165, 1.54) is 18.2 Å². The molecule has 1 aromatic heterocycles. The third kappa shape index (κ3) is 3.17. The van der Waals surface area contributed by atoms with E-state index in [1.54, 1.807) is 11.3 Å². The molecule has 0 aliphatic rings. The van der Waals surface area contributed by atoms with Crippen molar-refractivity contribution in [1.29, 1.82) is 0 Å². The predicted octanol–water partition coefficient (Wildman–Crippen LogP) is 2.76. The van der Waals surface area contributed by atoms with Crippen molar-refractivity contribution < 1.29 is 9.53 Å². The molecular weight excluding hydrogens is 246 g/mol. The number of hydrogen-bond donors (Lipinski definition) is 0. The van der Waals surface area contributed by atoms with E-state index in [0.717, 1.165) is 17.1 Å². The van der Waals surface area contributed by atoms with E-state index in [1.807, 2.05) is 17.5 Å². The summed E-state index contributed by atoms with van der Waals surface area (Å²) in [6.45, 7) is 2.10. The zero-order chi connectivity index (χ0) is 13.0. The van der Waals surface area contributed by atoms with E-state index in [0.29, 0.717) is 0 Å². The van der Waals surface area contributed by atoms with Crippen molar-refractivity contribution in [2.24, 2.45) is 0 Å². The van der Waals surface area contributed by atoms with Crippen LogP contribution >= 0.6 is 11.3 Å². The summed E-state index contributed by atoms with van der Waals surface area (Å²) in [5.74, 6) is -0.247. The predicted molar refractivity (Wildman–Crippen MR) is 71.8 cm³/mol. The lowest BCUT2D eigenvalue weighted by molar-refractivity contribution is -0.139. The number of thiazole rings is 1. The Morgan fingerprint density at radius 3 is 2.89 bits per heavy atom. The molecule has 0 radical (unpaired) electrons. The molecule has 0 aliphatic heterocycles. The maximum absolute atomic E-state index is 11.1. The summed E-state index contributed by atoms with van der Waals surface area (Å²) in [6.07, 6.45) is 1.07. The average molecular weight is 261 g/mol. The van der Waals surface area contributed by atoms with Gasteiger partial charge in [0.25, 0.3) is 0 Å². The number of methoxy groups -OCH3 is 1. The van der Waals surface area contributed by atoms with Gasteiger partial charge in [0.2, 0.25) is 0 Å². The minimum absolute atomic E-state index is 0.247. The number of nitrogens with zero attached hydrogens (tertiary/aromatic N) is 1. The summed E-state index contributed by atoms with van der Waals surface area (Å²) in [5, 5.41) is 2.95. The highest BCUT2D eigenvalue weighted by Crippen LogP contribution is 2.17. The molecule has 0 aliphatic carbocycles. The Bertz CT molecular complexity index is 548. The Labute approximate surface area is 110 Å². The summed E-state index contributed by atoms with van der Waals surface area (Å²) in [5.41, 5.74) is 3.33. The summed E-state index contributed by atoms with van der Waals surface area (Å²) in [4.78, 5) is 15.6. The molecule has 0 atom stereocenters. The lowest BCUT2D eigenvalue weighted by Gasteiger charge is -2.02. The van der Waals surface area contributed by atoms with E-state index in [4.69, 9.17) is 0 Å². The molecular formula is C14H15NO2S. The number of ether oxygens (including phenoxy) is 1. The van der Waals surface area contributed by atoms with Crippen molar-refractivity contribution in [3.05, 3.63) is 51.5 Å². The number of aromatic nitrogens is 1. The summed E-state index contributed by atoms with van der Waals surface area (Å²) in [6, 6.07) is 8.27. The van der Waals surface area contributed by atoms with Gasteiger partial charge in [-0.05, 0) is 18.1 Å². The Hall–Kier alpha value is -1.68. The highest BCUT2D eigenvalue weighted by atomic mass is 32.1. The molecule has 3 nitrogen and oxygen atoms in total. The molecule has 0 unspecified atom stereocenters. The molecule has 94 valence electrons. The quantitative estimate of drug-likeness (QED) is 0.794. The Morgan fingerprint density at radius 2 is 2.17 bits per heavy atom. The largest absolute Gasteiger partial charge is 0.469 e. The number of aryl methyl sites for hydroxylation is 1. The highest BCUT2D eigenvalue weighted by molar-refractivity contribution is 7.09. The fourth-order valence-electron chi connectivity index (χ4n) is 1.70. The maximum atomic E-state index is 11.1. The molecule has 0 spiro atoms. The Balaban J connectivity index is 2.07. The van der Waals surface area contributed by atoms with E-state index < -0.39 is 0 Å². The van der Waals surface area contributed by atoms with Gasteiger partial charge in [-0.2, -0.15) is 0 Å². The SMILES string of the molecule is COC(=O)Cc1csc(Cc2ccccc2C)n1. The molecule has 0 bridgehead atoms. The fraction of sp³-hybridized carbons (Fsp3) is 0.286. The van der Waals surface area contributed by atoms with Crippen molar-refractivity contribution in [3.63, 3.8) is 0 Å². The summed E-state index contributed by atoms with van der Waals surface area (Å²) in [7, 11) is 1.39.